The summed E-state index contributed by atoms with van der Waals surface area (Å²) in [7, 11) is 0. The number of nitrogens with two attached hydrogens (primary N) is 1. The number of aromatic nitrogens is 1. The molecular formula is C12H10FIN4O. The highest BCUT2D eigenvalue weighted by Gasteiger charge is 2.13. The Kier molecular flexibility index (Phi) is 4.27. The van der Waals surface area contributed by atoms with Gasteiger partial charge in [-0.3, -0.25) is 4.79 Å². The molecular weight excluding hydrogens is 362 g/mol. The first kappa shape index (κ1) is 13.7. The van der Waals surface area contributed by atoms with E-state index >= 15 is 0 Å². The number of nitrogens with one attached hydrogen (secondary N) is 2. The molecule has 2 rings (SSSR count). The molecule has 0 saturated heterocycles. The van der Waals surface area contributed by atoms with Crippen molar-refractivity contribution in [2.45, 2.75) is 0 Å². The molecule has 1 aromatic heterocycles. The first-order valence-electron chi connectivity index (χ1n) is 5.30. The van der Waals surface area contributed by atoms with Crippen LogP contribution in [0.4, 0.5) is 15.9 Å². The quantitative estimate of drug-likeness (QED) is 0.439. The van der Waals surface area contributed by atoms with E-state index in [0.717, 1.165) is 0 Å². The summed E-state index contributed by atoms with van der Waals surface area (Å²) in [5, 5.41) is 2.68. The first-order chi connectivity index (χ1) is 9.11. The monoisotopic (exact) mass is 372 g/mol. The van der Waals surface area contributed by atoms with Crippen molar-refractivity contribution in [2.75, 3.05) is 10.7 Å². The van der Waals surface area contributed by atoms with Crippen LogP contribution in [0.25, 0.3) is 0 Å². The van der Waals surface area contributed by atoms with Gasteiger partial charge in [0.15, 0.2) is 5.82 Å². The Morgan fingerprint density at radius 3 is 2.84 bits per heavy atom. The van der Waals surface area contributed by atoms with Gasteiger partial charge in [0.25, 0.3) is 5.91 Å². The number of anilines is 2. The number of rotatable bonds is 3. The van der Waals surface area contributed by atoms with Gasteiger partial charge < -0.3 is 10.7 Å². The molecule has 0 fully saturated rings. The standard InChI is InChI=1S/C12H10FIN4O/c13-7-3-4-10(9(14)6-7)17-12(19)8-2-1-5-16-11(8)18-15/h1-6H,15H2,(H,16,18)(H,17,19). The lowest BCUT2D eigenvalue weighted by Crippen LogP contribution is -2.18. The number of carbonyl (C=O) groups is 1. The van der Waals surface area contributed by atoms with Crippen LogP contribution in [-0.2, 0) is 0 Å². The molecule has 0 spiro atoms. The Morgan fingerprint density at radius 1 is 1.37 bits per heavy atom. The molecule has 98 valence electrons. The second-order valence-electron chi connectivity index (χ2n) is 3.62. The van der Waals surface area contributed by atoms with Crippen molar-refractivity contribution in [3.63, 3.8) is 0 Å². The summed E-state index contributed by atoms with van der Waals surface area (Å²) in [5.74, 6) is 4.84. The fourth-order valence-electron chi connectivity index (χ4n) is 1.48. The lowest BCUT2D eigenvalue weighted by atomic mass is 10.2. The molecule has 0 atom stereocenters. The third kappa shape index (κ3) is 3.18. The molecule has 0 saturated carbocycles. The van der Waals surface area contributed by atoms with Gasteiger partial charge in [-0.2, -0.15) is 0 Å². The number of halogens is 2. The second-order valence-corrected chi connectivity index (χ2v) is 4.78. The highest BCUT2D eigenvalue weighted by Crippen LogP contribution is 2.20. The Morgan fingerprint density at radius 2 is 2.16 bits per heavy atom. The zero-order valence-corrected chi connectivity index (χ0v) is 11.8. The summed E-state index contributed by atoms with van der Waals surface area (Å²) in [6.07, 6.45) is 1.52. The lowest BCUT2D eigenvalue weighted by Gasteiger charge is -2.09. The van der Waals surface area contributed by atoms with E-state index in [1.165, 1.54) is 24.4 Å². The van der Waals surface area contributed by atoms with E-state index in [-0.39, 0.29) is 17.5 Å². The number of hydrogen-bond donors (Lipinski definition) is 3. The summed E-state index contributed by atoms with van der Waals surface area (Å²) < 4.78 is 13.6. The summed E-state index contributed by atoms with van der Waals surface area (Å²) in [5.41, 5.74) is 3.19. The Labute approximate surface area is 122 Å². The Bertz CT molecular complexity index is 620. The maximum atomic E-state index is 13.0. The van der Waals surface area contributed by atoms with E-state index in [4.69, 9.17) is 5.84 Å². The van der Waals surface area contributed by atoms with E-state index in [0.29, 0.717) is 14.8 Å². The normalized spacial score (nSPS) is 10.1. The molecule has 1 heterocycles. The molecule has 19 heavy (non-hydrogen) atoms. The van der Waals surface area contributed by atoms with E-state index in [2.05, 4.69) is 15.7 Å². The number of nitrogen functional groups attached to an aromatic ring is 1. The van der Waals surface area contributed by atoms with Gasteiger partial charge in [0.05, 0.1) is 11.3 Å². The van der Waals surface area contributed by atoms with E-state index < -0.39 is 0 Å². The van der Waals surface area contributed by atoms with Crippen molar-refractivity contribution >= 4 is 40.0 Å². The van der Waals surface area contributed by atoms with Crippen molar-refractivity contribution in [1.82, 2.24) is 4.98 Å². The van der Waals surface area contributed by atoms with Crippen molar-refractivity contribution in [1.29, 1.82) is 0 Å². The molecule has 0 unspecified atom stereocenters. The second kappa shape index (κ2) is 5.93. The number of nitrogens with zero attached hydrogens (tertiary/aromatic N) is 1. The van der Waals surface area contributed by atoms with Crippen LogP contribution in [0.2, 0.25) is 0 Å². The molecule has 0 aliphatic rings. The van der Waals surface area contributed by atoms with Crippen LogP contribution in [0.1, 0.15) is 10.4 Å². The van der Waals surface area contributed by atoms with Gasteiger partial charge in [0.2, 0.25) is 0 Å². The van der Waals surface area contributed by atoms with Gasteiger partial charge in [-0.15, -0.1) is 0 Å². The van der Waals surface area contributed by atoms with Crippen molar-refractivity contribution < 1.29 is 9.18 Å². The van der Waals surface area contributed by atoms with Gasteiger partial charge in [-0.05, 0) is 52.9 Å². The van der Waals surface area contributed by atoms with Crippen LogP contribution in [0.5, 0.6) is 0 Å². The Hall–Kier alpha value is -1.74. The van der Waals surface area contributed by atoms with Gasteiger partial charge >= 0.3 is 0 Å². The van der Waals surface area contributed by atoms with Crippen LogP contribution in [-0.4, -0.2) is 10.9 Å². The Balaban J connectivity index is 2.26. The SMILES string of the molecule is NNc1ncccc1C(=O)Nc1ccc(F)cc1I. The molecule has 1 aromatic carbocycles. The predicted molar refractivity (Wildman–Crippen MR) is 79.1 cm³/mol. The summed E-state index contributed by atoms with van der Waals surface area (Å²) >= 11 is 1.95. The van der Waals surface area contributed by atoms with Crippen LogP contribution in [0, 0.1) is 9.39 Å². The topological polar surface area (TPSA) is 80.0 Å². The molecule has 0 aliphatic carbocycles. The molecule has 4 N–H and O–H groups in total. The van der Waals surface area contributed by atoms with E-state index in [1.54, 1.807) is 12.1 Å². The van der Waals surface area contributed by atoms with E-state index in [1.807, 2.05) is 22.6 Å². The van der Waals surface area contributed by atoms with Crippen LogP contribution < -0.4 is 16.6 Å². The fourth-order valence-corrected chi connectivity index (χ4v) is 2.10. The summed E-state index contributed by atoms with van der Waals surface area (Å²) in [4.78, 5) is 16.0. The molecule has 7 heteroatoms. The van der Waals surface area contributed by atoms with Crippen molar-refractivity contribution in [3.05, 3.63) is 51.5 Å². The van der Waals surface area contributed by atoms with Crippen molar-refractivity contribution in [3.8, 4) is 0 Å². The van der Waals surface area contributed by atoms with Crippen LogP contribution in [0.15, 0.2) is 36.5 Å². The molecule has 5 nitrogen and oxygen atoms in total. The largest absolute Gasteiger partial charge is 0.321 e. The highest BCUT2D eigenvalue weighted by molar-refractivity contribution is 14.1. The summed E-state index contributed by atoms with van der Waals surface area (Å²) in [6.45, 7) is 0. The number of carbonyl (C=O) groups excluding carboxylic acids is 1. The maximum absolute atomic E-state index is 13.0. The van der Waals surface area contributed by atoms with Crippen molar-refractivity contribution in [2.24, 2.45) is 5.84 Å². The fraction of sp³-hybridized carbons (Fsp3) is 0. The zero-order chi connectivity index (χ0) is 13.8. The molecule has 1 amide bonds. The minimum Gasteiger partial charge on any atom is -0.321 e. The third-order valence-electron chi connectivity index (χ3n) is 2.37. The number of pyridine rings is 1. The van der Waals surface area contributed by atoms with Gasteiger partial charge in [0, 0.05) is 9.77 Å². The highest BCUT2D eigenvalue weighted by atomic mass is 127. The summed E-state index contributed by atoms with van der Waals surface area (Å²) in [6, 6.07) is 7.34. The van der Waals surface area contributed by atoms with Gasteiger partial charge in [-0.1, -0.05) is 0 Å². The van der Waals surface area contributed by atoms with Crippen LogP contribution >= 0.6 is 22.6 Å². The zero-order valence-electron chi connectivity index (χ0n) is 9.65. The smallest absolute Gasteiger partial charge is 0.259 e. The number of amides is 1. The minimum atomic E-state index is -0.370. The van der Waals surface area contributed by atoms with Gasteiger partial charge in [-0.25, -0.2) is 15.2 Å². The molecule has 0 radical (unpaired) electrons. The number of hydrazine groups is 1. The predicted octanol–water partition coefficient (Wildman–Crippen LogP) is 2.36. The molecule has 2 aromatic rings. The van der Waals surface area contributed by atoms with Crippen LogP contribution in [0.3, 0.4) is 0 Å². The first-order valence-corrected chi connectivity index (χ1v) is 6.37. The maximum Gasteiger partial charge on any atom is 0.259 e. The lowest BCUT2D eigenvalue weighted by molar-refractivity contribution is 0.102. The molecule has 0 bridgehead atoms. The van der Waals surface area contributed by atoms with E-state index in [9.17, 15) is 9.18 Å². The third-order valence-corrected chi connectivity index (χ3v) is 3.26. The average Bonchev–Trinajstić information content (AvgIpc) is 2.41. The average molecular weight is 372 g/mol. The van der Waals surface area contributed by atoms with Gasteiger partial charge in [0.1, 0.15) is 5.82 Å². The minimum absolute atomic E-state index is 0.275. The molecule has 0 aliphatic heterocycles. The number of benzene rings is 1. The number of hydrogen-bond acceptors (Lipinski definition) is 4.